The molecular formula is C22H28F2O2. The molecule has 0 spiro atoms. The number of benzene rings is 1. The molecule has 4 heteroatoms. The van der Waals surface area contributed by atoms with Crippen LogP contribution in [0.1, 0.15) is 62.8 Å². The number of carboxylic acids is 1. The van der Waals surface area contributed by atoms with Gasteiger partial charge in [0.15, 0.2) is 11.6 Å². The summed E-state index contributed by atoms with van der Waals surface area (Å²) in [5.74, 6) is -0.789. The van der Waals surface area contributed by atoms with Crippen LogP contribution in [0.25, 0.3) is 0 Å². The molecule has 1 unspecified atom stereocenters. The maximum atomic E-state index is 13.5. The summed E-state index contributed by atoms with van der Waals surface area (Å²) in [6, 6.07) is 4.30. The van der Waals surface area contributed by atoms with Crippen molar-refractivity contribution in [2.75, 3.05) is 0 Å². The highest BCUT2D eigenvalue weighted by Crippen LogP contribution is 2.45. The van der Waals surface area contributed by atoms with Gasteiger partial charge in [0, 0.05) is 0 Å². The van der Waals surface area contributed by atoms with Crippen molar-refractivity contribution in [1.82, 2.24) is 0 Å². The predicted molar refractivity (Wildman–Crippen MR) is 97.8 cm³/mol. The van der Waals surface area contributed by atoms with E-state index in [2.05, 4.69) is 6.58 Å². The van der Waals surface area contributed by atoms with E-state index in [4.69, 9.17) is 0 Å². The highest BCUT2D eigenvalue weighted by atomic mass is 19.2. The van der Waals surface area contributed by atoms with E-state index >= 15 is 0 Å². The molecule has 1 aromatic rings. The number of carbonyl (C=O) groups is 1. The zero-order valence-electron chi connectivity index (χ0n) is 15.2. The Bertz CT molecular complexity index is 642. The van der Waals surface area contributed by atoms with Crippen LogP contribution in [0.3, 0.4) is 0 Å². The standard InChI is InChI=1S/C22H28F2O2/c1-2-19(22(25)26)17-9-7-15(8-10-17)14-3-5-16(6-4-14)18-11-12-20(23)21(24)13-18/h2,11-17,19H,1,3-10H2,(H,25,26). The van der Waals surface area contributed by atoms with E-state index in [1.807, 2.05) is 0 Å². The minimum Gasteiger partial charge on any atom is -0.481 e. The van der Waals surface area contributed by atoms with E-state index < -0.39 is 23.5 Å². The van der Waals surface area contributed by atoms with Gasteiger partial charge in [-0.2, -0.15) is 0 Å². The predicted octanol–water partition coefficient (Wildman–Crippen LogP) is 5.93. The summed E-state index contributed by atoms with van der Waals surface area (Å²) < 4.78 is 26.6. The highest BCUT2D eigenvalue weighted by Gasteiger charge is 2.34. The van der Waals surface area contributed by atoms with Crippen LogP contribution in [0.2, 0.25) is 0 Å². The average Bonchev–Trinajstić information content (AvgIpc) is 2.65. The molecule has 0 aliphatic heterocycles. The lowest BCUT2D eigenvalue weighted by Crippen LogP contribution is -2.30. The fourth-order valence-corrected chi connectivity index (χ4v) is 5.16. The van der Waals surface area contributed by atoms with Crippen molar-refractivity contribution in [3.8, 4) is 0 Å². The molecule has 142 valence electrons. The highest BCUT2D eigenvalue weighted by molar-refractivity contribution is 5.72. The average molecular weight is 362 g/mol. The van der Waals surface area contributed by atoms with Gasteiger partial charge in [0.05, 0.1) is 5.92 Å². The molecule has 1 N–H and O–H groups in total. The van der Waals surface area contributed by atoms with Gasteiger partial charge in [-0.15, -0.1) is 6.58 Å². The van der Waals surface area contributed by atoms with Crippen molar-refractivity contribution < 1.29 is 18.7 Å². The third kappa shape index (κ3) is 4.16. The van der Waals surface area contributed by atoms with Gasteiger partial charge in [-0.25, -0.2) is 8.78 Å². The number of aliphatic carboxylic acids is 1. The molecular weight excluding hydrogens is 334 g/mol. The van der Waals surface area contributed by atoms with Crippen molar-refractivity contribution in [3.05, 3.63) is 48.1 Å². The molecule has 0 amide bonds. The van der Waals surface area contributed by atoms with Crippen LogP contribution in [0.5, 0.6) is 0 Å². The van der Waals surface area contributed by atoms with Crippen molar-refractivity contribution in [2.24, 2.45) is 23.7 Å². The number of carboxylic acid groups (broad SMARTS) is 1. The van der Waals surface area contributed by atoms with Crippen LogP contribution < -0.4 is 0 Å². The lowest BCUT2D eigenvalue weighted by molar-refractivity contribution is -0.142. The van der Waals surface area contributed by atoms with Crippen LogP contribution in [0, 0.1) is 35.3 Å². The molecule has 2 fully saturated rings. The van der Waals surface area contributed by atoms with Crippen molar-refractivity contribution in [3.63, 3.8) is 0 Å². The zero-order chi connectivity index (χ0) is 18.7. The van der Waals surface area contributed by atoms with Crippen molar-refractivity contribution in [2.45, 2.75) is 57.3 Å². The number of halogens is 2. The van der Waals surface area contributed by atoms with Gasteiger partial charge in [0.2, 0.25) is 0 Å². The van der Waals surface area contributed by atoms with Gasteiger partial charge in [-0.3, -0.25) is 4.79 Å². The van der Waals surface area contributed by atoms with Gasteiger partial charge >= 0.3 is 5.97 Å². The molecule has 1 aromatic carbocycles. The normalized spacial score (nSPS) is 30.5. The largest absolute Gasteiger partial charge is 0.481 e. The summed E-state index contributed by atoms with van der Waals surface area (Å²) in [7, 11) is 0. The van der Waals surface area contributed by atoms with Crippen LogP contribution >= 0.6 is 0 Å². The van der Waals surface area contributed by atoms with E-state index in [0.717, 1.165) is 56.9 Å². The molecule has 2 nitrogen and oxygen atoms in total. The lowest BCUT2D eigenvalue weighted by Gasteiger charge is -2.38. The van der Waals surface area contributed by atoms with Crippen LogP contribution in [0.15, 0.2) is 30.9 Å². The lowest BCUT2D eigenvalue weighted by atomic mass is 9.67. The van der Waals surface area contributed by atoms with Crippen LogP contribution in [0.4, 0.5) is 8.78 Å². The topological polar surface area (TPSA) is 37.3 Å². The Labute approximate surface area is 154 Å². The summed E-state index contributed by atoms with van der Waals surface area (Å²) >= 11 is 0. The molecule has 2 aliphatic carbocycles. The van der Waals surface area contributed by atoms with Crippen molar-refractivity contribution >= 4 is 5.97 Å². The maximum Gasteiger partial charge on any atom is 0.310 e. The van der Waals surface area contributed by atoms with Crippen LogP contribution in [-0.2, 0) is 4.79 Å². The molecule has 2 aliphatic rings. The summed E-state index contributed by atoms with van der Waals surface area (Å²) in [6.45, 7) is 3.68. The first-order valence-electron chi connectivity index (χ1n) is 9.80. The third-order valence-electron chi connectivity index (χ3n) is 6.72. The Hall–Kier alpha value is -1.71. The Morgan fingerprint density at radius 3 is 2.08 bits per heavy atom. The Morgan fingerprint density at radius 1 is 1.00 bits per heavy atom. The van der Waals surface area contributed by atoms with E-state index in [1.165, 1.54) is 12.1 Å². The Morgan fingerprint density at radius 2 is 1.58 bits per heavy atom. The summed E-state index contributed by atoms with van der Waals surface area (Å²) in [6.07, 6.45) is 10.0. The summed E-state index contributed by atoms with van der Waals surface area (Å²) in [5, 5.41) is 9.29. The molecule has 26 heavy (non-hydrogen) atoms. The van der Waals surface area contributed by atoms with E-state index in [1.54, 1.807) is 12.1 Å². The second kappa shape index (κ2) is 8.32. The maximum absolute atomic E-state index is 13.5. The number of rotatable bonds is 5. The number of hydrogen-bond donors (Lipinski definition) is 1. The molecule has 0 aromatic heterocycles. The van der Waals surface area contributed by atoms with E-state index in [9.17, 15) is 18.7 Å². The first-order valence-corrected chi connectivity index (χ1v) is 9.80. The minimum atomic E-state index is -0.779. The summed E-state index contributed by atoms with van der Waals surface area (Å²) in [5.41, 5.74) is 0.918. The fraction of sp³-hybridized carbons (Fsp3) is 0.591. The van der Waals surface area contributed by atoms with Gasteiger partial charge < -0.3 is 5.11 Å². The molecule has 3 rings (SSSR count). The molecule has 0 saturated heterocycles. The third-order valence-corrected chi connectivity index (χ3v) is 6.72. The Kier molecular flexibility index (Phi) is 6.10. The second-order valence-corrected chi connectivity index (χ2v) is 8.06. The first-order chi connectivity index (χ1) is 12.5. The fourth-order valence-electron chi connectivity index (χ4n) is 5.16. The van der Waals surface area contributed by atoms with E-state index in [0.29, 0.717) is 17.8 Å². The molecule has 2 saturated carbocycles. The van der Waals surface area contributed by atoms with Gasteiger partial charge in [-0.05, 0) is 92.7 Å². The molecule has 1 atom stereocenters. The quantitative estimate of drug-likeness (QED) is 0.659. The second-order valence-electron chi connectivity index (χ2n) is 8.06. The van der Waals surface area contributed by atoms with Crippen LogP contribution in [-0.4, -0.2) is 11.1 Å². The molecule has 0 radical (unpaired) electrons. The van der Waals surface area contributed by atoms with Gasteiger partial charge in [0.25, 0.3) is 0 Å². The first kappa shape index (κ1) is 19.1. The minimum absolute atomic E-state index is 0.222. The Balaban J connectivity index is 1.50. The number of hydrogen-bond acceptors (Lipinski definition) is 1. The van der Waals surface area contributed by atoms with E-state index in [-0.39, 0.29) is 5.92 Å². The zero-order valence-corrected chi connectivity index (χ0v) is 15.2. The van der Waals surface area contributed by atoms with Crippen molar-refractivity contribution in [1.29, 1.82) is 0 Å². The SMILES string of the molecule is C=CC(C(=O)O)C1CCC(C2CCC(c3ccc(F)c(F)c3)CC2)CC1. The van der Waals surface area contributed by atoms with Gasteiger partial charge in [-0.1, -0.05) is 12.1 Å². The molecule has 0 heterocycles. The van der Waals surface area contributed by atoms with Gasteiger partial charge in [0.1, 0.15) is 0 Å². The summed E-state index contributed by atoms with van der Waals surface area (Å²) in [4.78, 5) is 11.3. The monoisotopic (exact) mass is 362 g/mol. The molecule has 0 bridgehead atoms. The smallest absolute Gasteiger partial charge is 0.310 e.